The Morgan fingerprint density at radius 1 is 1.06 bits per heavy atom. The lowest BCUT2D eigenvalue weighted by atomic mass is 10.2. The van der Waals surface area contributed by atoms with E-state index in [9.17, 15) is 4.79 Å². The normalized spacial score (nSPS) is 11.2. The summed E-state index contributed by atoms with van der Waals surface area (Å²) in [6, 6.07) is 18.5. The van der Waals surface area contributed by atoms with Crippen molar-refractivity contribution in [3.8, 4) is 5.75 Å². The van der Waals surface area contributed by atoms with E-state index in [4.69, 9.17) is 39.5 Å². The van der Waals surface area contributed by atoms with Crippen LogP contribution < -0.4 is 10.2 Å². The lowest BCUT2D eigenvalue weighted by Crippen LogP contribution is -2.19. The van der Waals surface area contributed by atoms with Crippen LogP contribution in [0.2, 0.25) is 15.1 Å². The fraction of sp³-hybridized carbons (Fsp3) is 0.0870. The van der Waals surface area contributed by atoms with Gasteiger partial charge >= 0.3 is 0 Å². The van der Waals surface area contributed by atoms with Crippen LogP contribution in [0.1, 0.15) is 11.1 Å². The highest BCUT2D eigenvalue weighted by molar-refractivity contribution is 8.01. The highest BCUT2D eigenvalue weighted by Gasteiger charge is 2.12. The molecule has 33 heavy (non-hydrogen) atoms. The summed E-state index contributed by atoms with van der Waals surface area (Å²) in [4.78, 5) is 16.7. The zero-order valence-electron chi connectivity index (χ0n) is 16.9. The Kier molecular flexibility index (Phi) is 8.11. The molecule has 0 aliphatic heterocycles. The van der Waals surface area contributed by atoms with Crippen molar-refractivity contribution >= 4 is 80.2 Å². The number of para-hydroxylation sites is 2. The van der Waals surface area contributed by atoms with Gasteiger partial charge in [-0.15, -0.1) is 11.3 Å². The van der Waals surface area contributed by atoms with Crippen LogP contribution in [0.15, 0.2) is 70.1 Å². The summed E-state index contributed by atoms with van der Waals surface area (Å²) >= 11 is 21.5. The second-order valence-electron chi connectivity index (χ2n) is 6.68. The number of aromatic nitrogens is 1. The van der Waals surface area contributed by atoms with Gasteiger partial charge in [-0.05, 0) is 36.4 Å². The smallest absolute Gasteiger partial charge is 0.250 e. The van der Waals surface area contributed by atoms with Crippen molar-refractivity contribution in [3.05, 3.63) is 86.9 Å². The number of carbonyl (C=O) groups excluding carboxylic acids is 1. The summed E-state index contributed by atoms with van der Waals surface area (Å²) in [5, 5.41) is 5.28. The SMILES string of the molecule is O=C(CSc1nc2ccccc2s1)N/N=C/c1ccccc1OCc1c(Cl)ccc(Cl)c1Cl. The summed E-state index contributed by atoms with van der Waals surface area (Å²) in [7, 11) is 0. The monoisotopic (exact) mass is 535 g/mol. The molecule has 0 atom stereocenters. The van der Waals surface area contributed by atoms with Crippen molar-refractivity contribution in [3.63, 3.8) is 0 Å². The molecule has 0 aliphatic rings. The van der Waals surface area contributed by atoms with Gasteiger partial charge in [-0.2, -0.15) is 5.10 Å². The summed E-state index contributed by atoms with van der Waals surface area (Å²) in [6.45, 7) is 0.133. The van der Waals surface area contributed by atoms with Gasteiger partial charge in [-0.3, -0.25) is 4.79 Å². The van der Waals surface area contributed by atoms with E-state index in [2.05, 4.69) is 15.5 Å². The van der Waals surface area contributed by atoms with Crippen molar-refractivity contribution in [2.75, 3.05) is 5.75 Å². The maximum absolute atomic E-state index is 12.2. The topological polar surface area (TPSA) is 63.6 Å². The number of hydrogen-bond acceptors (Lipinski definition) is 6. The fourth-order valence-corrected chi connectivity index (χ4v) is 5.33. The molecule has 0 fully saturated rings. The first-order valence-corrected chi connectivity index (χ1v) is 12.6. The molecule has 10 heteroatoms. The zero-order chi connectivity index (χ0) is 23.2. The lowest BCUT2D eigenvalue weighted by Gasteiger charge is -2.12. The second kappa shape index (κ2) is 11.2. The second-order valence-corrected chi connectivity index (χ2v) is 10.1. The molecule has 4 aromatic rings. The quantitative estimate of drug-likeness (QED) is 0.113. The highest BCUT2D eigenvalue weighted by atomic mass is 35.5. The van der Waals surface area contributed by atoms with E-state index < -0.39 is 0 Å². The average molecular weight is 537 g/mol. The van der Waals surface area contributed by atoms with Gasteiger partial charge < -0.3 is 4.74 Å². The molecule has 1 aromatic heterocycles. The Labute approximate surface area is 213 Å². The minimum absolute atomic E-state index is 0.133. The molecular formula is C23H16Cl3N3O2S2. The van der Waals surface area contributed by atoms with Crippen LogP contribution in [0.4, 0.5) is 0 Å². The first-order valence-electron chi connectivity index (χ1n) is 9.66. The molecule has 4 rings (SSSR count). The summed E-state index contributed by atoms with van der Waals surface area (Å²) < 4.78 is 7.82. The molecule has 0 radical (unpaired) electrons. The standard InChI is InChI=1S/C23H16Cl3N3O2S2/c24-16-9-10-17(25)22(26)15(16)12-31-19-7-3-1-5-14(19)11-27-29-21(30)13-32-23-28-18-6-2-4-8-20(18)33-23/h1-11H,12-13H2,(H,29,30)/b27-11+. The van der Waals surface area contributed by atoms with Crippen LogP contribution in [-0.4, -0.2) is 22.9 Å². The molecule has 0 bridgehead atoms. The summed E-state index contributed by atoms with van der Waals surface area (Å²) in [5.41, 5.74) is 4.75. The zero-order valence-corrected chi connectivity index (χ0v) is 20.8. The highest BCUT2D eigenvalue weighted by Crippen LogP contribution is 2.32. The number of amides is 1. The van der Waals surface area contributed by atoms with E-state index in [-0.39, 0.29) is 18.3 Å². The molecule has 0 saturated carbocycles. The van der Waals surface area contributed by atoms with Gasteiger partial charge in [0.2, 0.25) is 0 Å². The molecule has 1 amide bonds. The van der Waals surface area contributed by atoms with Crippen molar-refractivity contribution in [1.29, 1.82) is 0 Å². The summed E-state index contributed by atoms with van der Waals surface area (Å²) in [6.07, 6.45) is 1.52. The number of halogens is 3. The van der Waals surface area contributed by atoms with Gasteiger partial charge in [0.15, 0.2) is 4.34 Å². The predicted molar refractivity (Wildman–Crippen MR) is 138 cm³/mol. The predicted octanol–water partition coefficient (Wildman–Crippen LogP) is 7.08. The molecule has 0 unspecified atom stereocenters. The number of carbonyl (C=O) groups is 1. The summed E-state index contributed by atoms with van der Waals surface area (Å²) in [5.74, 6) is 0.541. The maximum atomic E-state index is 12.2. The number of benzene rings is 3. The van der Waals surface area contributed by atoms with Crippen LogP contribution in [0.5, 0.6) is 5.75 Å². The number of thioether (sulfide) groups is 1. The van der Waals surface area contributed by atoms with E-state index in [1.54, 1.807) is 29.5 Å². The van der Waals surface area contributed by atoms with Crippen molar-refractivity contribution in [2.45, 2.75) is 10.9 Å². The molecule has 1 N–H and O–H groups in total. The fourth-order valence-electron chi connectivity index (χ4n) is 2.82. The molecule has 3 aromatic carbocycles. The Morgan fingerprint density at radius 3 is 2.67 bits per heavy atom. The number of ether oxygens (including phenoxy) is 1. The first-order chi connectivity index (χ1) is 16.0. The lowest BCUT2D eigenvalue weighted by molar-refractivity contribution is -0.118. The van der Waals surface area contributed by atoms with Crippen molar-refractivity contribution in [2.24, 2.45) is 5.10 Å². The first kappa shape index (κ1) is 23.9. The number of nitrogens with one attached hydrogen (secondary N) is 1. The van der Waals surface area contributed by atoms with Gasteiger partial charge in [0.1, 0.15) is 12.4 Å². The van der Waals surface area contributed by atoms with Crippen LogP contribution >= 0.6 is 57.9 Å². The van der Waals surface area contributed by atoms with Gasteiger partial charge in [0.25, 0.3) is 5.91 Å². The Bertz CT molecular complexity index is 1290. The Hall–Kier alpha value is -2.29. The average Bonchev–Trinajstić information content (AvgIpc) is 3.24. The van der Waals surface area contributed by atoms with Gasteiger partial charge in [-0.25, -0.2) is 10.4 Å². The number of rotatable bonds is 8. The van der Waals surface area contributed by atoms with E-state index in [0.717, 1.165) is 14.6 Å². The molecule has 0 saturated heterocycles. The number of thiazole rings is 1. The van der Waals surface area contributed by atoms with E-state index >= 15 is 0 Å². The van der Waals surface area contributed by atoms with Crippen molar-refractivity contribution < 1.29 is 9.53 Å². The largest absolute Gasteiger partial charge is 0.488 e. The molecule has 5 nitrogen and oxygen atoms in total. The van der Waals surface area contributed by atoms with Gasteiger partial charge in [0, 0.05) is 16.1 Å². The molecule has 168 valence electrons. The number of fused-ring (bicyclic) bond motifs is 1. The third-order valence-corrected chi connectivity index (χ3v) is 7.80. The number of hydrazone groups is 1. The number of nitrogens with zero attached hydrogens (tertiary/aromatic N) is 2. The van der Waals surface area contributed by atoms with Crippen LogP contribution in [0, 0.1) is 0 Å². The van der Waals surface area contributed by atoms with Crippen LogP contribution in [0.25, 0.3) is 10.2 Å². The molecule has 0 spiro atoms. The van der Waals surface area contributed by atoms with Crippen LogP contribution in [-0.2, 0) is 11.4 Å². The van der Waals surface area contributed by atoms with Gasteiger partial charge in [-0.1, -0.05) is 70.8 Å². The minimum atomic E-state index is -0.230. The van der Waals surface area contributed by atoms with Crippen molar-refractivity contribution in [1.82, 2.24) is 10.4 Å². The van der Waals surface area contributed by atoms with E-state index in [1.807, 2.05) is 42.5 Å². The minimum Gasteiger partial charge on any atom is -0.488 e. The van der Waals surface area contributed by atoms with E-state index in [0.29, 0.717) is 31.9 Å². The maximum Gasteiger partial charge on any atom is 0.250 e. The Morgan fingerprint density at radius 2 is 1.82 bits per heavy atom. The van der Waals surface area contributed by atoms with Crippen LogP contribution in [0.3, 0.4) is 0 Å². The number of hydrogen-bond donors (Lipinski definition) is 1. The van der Waals surface area contributed by atoms with E-state index in [1.165, 1.54) is 18.0 Å². The molecular weight excluding hydrogens is 521 g/mol. The third-order valence-electron chi connectivity index (χ3n) is 4.42. The van der Waals surface area contributed by atoms with Gasteiger partial charge in [0.05, 0.1) is 32.2 Å². The third kappa shape index (κ3) is 6.19. The molecule has 0 aliphatic carbocycles. The Balaban J connectivity index is 1.34. The molecule has 1 heterocycles.